The summed E-state index contributed by atoms with van der Waals surface area (Å²) in [7, 11) is 0. The average Bonchev–Trinajstić information content (AvgIpc) is 2.63. The van der Waals surface area contributed by atoms with Crippen LogP contribution in [-0.2, 0) is 0 Å². The molecule has 0 amide bonds. The molecule has 0 aliphatic heterocycles. The Labute approximate surface area is 99.6 Å². The molecule has 86 valence electrons. The van der Waals surface area contributed by atoms with E-state index in [1.54, 1.807) is 0 Å². The van der Waals surface area contributed by atoms with Gasteiger partial charge in [-0.3, -0.25) is 0 Å². The summed E-state index contributed by atoms with van der Waals surface area (Å²) in [6, 6.07) is 2.57. The molecule has 0 bridgehead atoms. The van der Waals surface area contributed by atoms with E-state index < -0.39 is 0 Å². The van der Waals surface area contributed by atoms with Gasteiger partial charge in [0.15, 0.2) is 5.82 Å². The highest BCUT2D eigenvalue weighted by Gasteiger charge is 2.23. The van der Waals surface area contributed by atoms with Gasteiger partial charge in [-0.05, 0) is 30.3 Å². The molecular formula is C11H16N4S. The van der Waals surface area contributed by atoms with Crippen molar-refractivity contribution in [2.45, 2.75) is 38.6 Å². The fourth-order valence-electron chi connectivity index (χ4n) is 2.21. The van der Waals surface area contributed by atoms with Crippen LogP contribution in [0, 0.1) is 17.2 Å². The first kappa shape index (κ1) is 11.2. The first-order chi connectivity index (χ1) is 7.72. The van der Waals surface area contributed by atoms with Crippen LogP contribution in [-0.4, -0.2) is 10.4 Å². The average molecular weight is 236 g/mol. The van der Waals surface area contributed by atoms with Crippen LogP contribution in [0.1, 0.15) is 38.2 Å². The number of hydrogen-bond donors (Lipinski definition) is 2. The van der Waals surface area contributed by atoms with Gasteiger partial charge in [-0.25, -0.2) is 0 Å². The Balaban J connectivity index is 2.11. The summed E-state index contributed by atoms with van der Waals surface area (Å²) in [6.07, 6.45) is 5.01. The molecule has 5 heteroatoms. The van der Waals surface area contributed by atoms with Crippen molar-refractivity contribution in [2.24, 2.45) is 5.92 Å². The minimum absolute atomic E-state index is 0.346. The second kappa shape index (κ2) is 4.71. The standard InChI is InChI=1S/C11H16N4S/c1-7-4-2-3-5-9(7)14-11-8(6-12)10(13)15-16-11/h7,9,14H,2-5H2,1H3,(H2,13,15). The lowest BCUT2D eigenvalue weighted by Gasteiger charge is -2.29. The Hall–Kier alpha value is -1.28. The van der Waals surface area contributed by atoms with Crippen LogP contribution in [0.4, 0.5) is 10.8 Å². The fourth-order valence-corrected chi connectivity index (χ4v) is 2.93. The van der Waals surface area contributed by atoms with E-state index in [0.717, 1.165) is 5.00 Å². The van der Waals surface area contributed by atoms with E-state index in [-0.39, 0.29) is 0 Å². The van der Waals surface area contributed by atoms with Crippen molar-refractivity contribution in [1.82, 2.24) is 4.37 Å². The van der Waals surface area contributed by atoms with E-state index in [0.29, 0.717) is 23.3 Å². The van der Waals surface area contributed by atoms with E-state index >= 15 is 0 Å². The van der Waals surface area contributed by atoms with Crippen LogP contribution >= 0.6 is 11.5 Å². The first-order valence-corrected chi connectivity index (χ1v) is 6.41. The maximum Gasteiger partial charge on any atom is 0.157 e. The number of anilines is 2. The monoisotopic (exact) mass is 236 g/mol. The highest BCUT2D eigenvalue weighted by molar-refractivity contribution is 7.10. The third kappa shape index (κ3) is 2.12. The van der Waals surface area contributed by atoms with E-state index in [9.17, 15) is 0 Å². The van der Waals surface area contributed by atoms with E-state index in [4.69, 9.17) is 11.0 Å². The molecule has 1 heterocycles. The van der Waals surface area contributed by atoms with Crippen LogP contribution in [0.2, 0.25) is 0 Å². The van der Waals surface area contributed by atoms with Gasteiger partial charge in [-0.1, -0.05) is 19.8 Å². The predicted octanol–water partition coefficient (Wildman–Crippen LogP) is 2.59. The van der Waals surface area contributed by atoms with Crippen LogP contribution in [0.3, 0.4) is 0 Å². The summed E-state index contributed by atoms with van der Waals surface area (Å²) in [5.74, 6) is 1.00. The lowest BCUT2D eigenvalue weighted by Crippen LogP contribution is -2.30. The summed E-state index contributed by atoms with van der Waals surface area (Å²) in [4.78, 5) is 0. The Morgan fingerprint density at radius 3 is 2.94 bits per heavy atom. The lowest BCUT2D eigenvalue weighted by molar-refractivity contribution is 0.350. The van der Waals surface area contributed by atoms with Crippen molar-refractivity contribution in [3.05, 3.63) is 5.56 Å². The summed E-state index contributed by atoms with van der Waals surface area (Å²) in [5.41, 5.74) is 6.13. The zero-order chi connectivity index (χ0) is 11.5. The fraction of sp³-hybridized carbons (Fsp3) is 0.636. The number of nitrogens with zero attached hydrogens (tertiary/aromatic N) is 2. The van der Waals surface area contributed by atoms with Crippen LogP contribution < -0.4 is 11.1 Å². The summed E-state index contributed by atoms with van der Waals surface area (Å²) >= 11 is 1.29. The Morgan fingerprint density at radius 1 is 1.50 bits per heavy atom. The van der Waals surface area contributed by atoms with Crippen molar-refractivity contribution in [1.29, 1.82) is 5.26 Å². The number of nitrogens with one attached hydrogen (secondary N) is 1. The van der Waals surface area contributed by atoms with Gasteiger partial charge in [-0.15, -0.1) is 0 Å². The highest BCUT2D eigenvalue weighted by atomic mass is 32.1. The maximum atomic E-state index is 8.98. The third-order valence-electron chi connectivity index (χ3n) is 3.26. The number of rotatable bonds is 2. The molecular weight excluding hydrogens is 220 g/mol. The molecule has 2 rings (SSSR count). The van der Waals surface area contributed by atoms with E-state index in [1.807, 2.05) is 0 Å². The van der Waals surface area contributed by atoms with Gasteiger partial charge in [0, 0.05) is 6.04 Å². The molecule has 0 saturated heterocycles. The van der Waals surface area contributed by atoms with Crippen molar-refractivity contribution >= 4 is 22.4 Å². The van der Waals surface area contributed by atoms with Crippen LogP contribution in [0.5, 0.6) is 0 Å². The molecule has 1 aliphatic rings. The Morgan fingerprint density at radius 2 is 2.25 bits per heavy atom. The molecule has 0 aromatic carbocycles. The van der Waals surface area contributed by atoms with E-state index in [1.165, 1.54) is 37.2 Å². The van der Waals surface area contributed by atoms with Gasteiger partial charge in [0.05, 0.1) is 0 Å². The maximum absolute atomic E-state index is 8.98. The van der Waals surface area contributed by atoms with Crippen molar-refractivity contribution in [3.8, 4) is 6.07 Å². The Bertz CT molecular complexity index is 407. The van der Waals surface area contributed by atoms with Gasteiger partial charge in [0.2, 0.25) is 0 Å². The van der Waals surface area contributed by atoms with Crippen molar-refractivity contribution < 1.29 is 0 Å². The molecule has 1 aromatic rings. The molecule has 0 spiro atoms. The zero-order valence-corrected chi connectivity index (χ0v) is 10.2. The zero-order valence-electron chi connectivity index (χ0n) is 9.36. The quantitative estimate of drug-likeness (QED) is 0.827. The SMILES string of the molecule is CC1CCCCC1Nc1snc(N)c1C#N. The van der Waals surface area contributed by atoms with Gasteiger partial charge >= 0.3 is 0 Å². The smallest absolute Gasteiger partial charge is 0.157 e. The van der Waals surface area contributed by atoms with Crippen LogP contribution in [0.25, 0.3) is 0 Å². The topological polar surface area (TPSA) is 74.7 Å². The minimum atomic E-state index is 0.346. The first-order valence-electron chi connectivity index (χ1n) is 5.64. The molecule has 1 aromatic heterocycles. The largest absolute Gasteiger partial charge is 0.382 e. The predicted molar refractivity (Wildman–Crippen MR) is 66.3 cm³/mol. The minimum Gasteiger partial charge on any atom is -0.382 e. The second-order valence-electron chi connectivity index (χ2n) is 4.40. The number of nitrogens with two attached hydrogens (primary N) is 1. The number of aromatic nitrogens is 1. The number of nitrogen functional groups attached to an aromatic ring is 1. The number of hydrogen-bond acceptors (Lipinski definition) is 5. The van der Waals surface area contributed by atoms with Gasteiger partial charge in [-0.2, -0.15) is 9.64 Å². The van der Waals surface area contributed by atoms with Gasteiger partial charge in [0.25, 0.3) is 0 Å². The summed E-state index contributed by atoms with van der Waals surface area (Å²) in [6.45, 7) is 2.26. The molecule has 4 nitrogen and oxygen atoms in total. The normalized spacial score (nSPS) is 25.0. The van der Waals surface area contributed by atoms with Gasteiger partial charge in [0.1, 0.15) is 16.6 Å². The molecule has 1 fully saturated rings. The van der Waals surface area contributed by atoms with Crippen LogP contribution in [0.15, 0.2) is 0 Å². The molecule has 1 saturated carbocycles. The highest BCUT2D eigenvalue weighted by Crippen LogP contribution is 2.31. The van der Waals surface area contributed by atoms with Crippen molar-refractivity contribution in [3.63, 3.8) is 0 Å². The summed E-state index contributed by atoms with van der Waals surface area (Å²) in [5, 5.41) is 13.2. The molecule has 2 atom stereocenters. The van der Waals surface area contributed by atoms with Gasteiger partial charge < -0.3 is 11.1 Å². The lowest BCUT2D eigenvalue weighted by atomic mass is 9.86. The molecule has 2 unspecified atom stereocenters. The number of nitriles is 1. The van der Waals surface area contributed by atoms with Crippen molar-refractivity contribution in [2.75, 3.05) is 11.1 Å². The Kier molecular flexibility index (Phi) is 3.30. The molecule has 1 aliphatic carbocycles. The molecule has 0 radical (unpaired) electrons. The third-order valence-corrected chi connectivity index (χ3v) is 4.05. The molecule has 16 heavy (non-hydrogen) atoms. The van der Waals surface area contributed by atoms with E-state index in [2.05, 4.69) is 22.7 Å². The summed E-state index contributed by atoms with van der Waals surface area (Å²) < 4.78 is 4.01. The molecule has 3 N–H and O–H groups in total. The second-order valence-corrected chi connectivity index (χ2v) is 5.17.